The van der Waals surface area contributed by atoms with E-state index in [1.54, 1.807) is 24.3 Å². The number of carbonyl (C=O) groups excluding carboxylic acids is 1. The van der Waals surface area contributed by atoms with Crippen molar-refractivity contribution in [3.63, 3.8) is 0 Å². The number of para-hydroxylation sites is 2. The Kier molecular flexibility index (Phi) is 5.19. The molecule has 4 aromatic rings. The third-order valence-electron chi connectivity index (χ3n) is 4.06. The van der Waals surface area contributed by atoms with Gasteiger partial charge in [0, 0.05) is 15.2 Å². The molecule has 1 N–H and O–H groups in total. The van der Waals surface area contributed by atoms with Crippen LogP contribution < -0.4 is 10.9 Å². The second-order valence-electron chi connectivity index (χ2n) is 5.97. The van der Waals surface area contributed by atoms with Crippen molar-refractivity contribution in [1.29, 1.82) is 0 Å². The van der Waals surface area contributed by atoms with Gasteiger partial charge >= 0.3 is 5.63 Å². The Balaban J connectivity index is 1.65. The van der Waals surface area contributed by atoms with Crippen molar-refractivity contribution in [3.8, 4) is 0 Å². The van der Waals surface area contributed by atoms with Crippen molar-refractivity contribution in [2.75, 3.05) is 5.32 Å². The van der Waals surface area contributed by atoms with E-state index in [1.165, 1.54) is 17.8 Å². The van der Waals surface area contributed by atoms with Crippen LogP contribution in [0.2, 0.25) is 5.02 Å². The van der Waals surface area contributed by atoms with E-state index < -0.39 is 11.5 Å². The molecule has 1 aromatic heterocycles. The first-order chi connectivity index (χ1) is 13.6. The highest BCUT2D eigenvalue weighted by molar-refractivity contribution is 7.99. The zero-order valence-electron chi connectivity index (χ0n) is 14.5. The summed E-state index contributed by atoms with van der Waals surface area (Å²) < 4.78 is 5.25. The molecule has 4 nitrogen and oxygen atoms in total. The van der Waals surface area contributed by atoms with E-state index in [2.05, 4.69) is 5.32 Å². The van der Waals surface area contributed by atoms with Crippen molar-refractivity contribution in [3.05, 3.63) is 99.9 Å². The van der Waals surface area contributed by atoms with Crippen LogP contribution in [0.3, 0.4) is 0 Å². The van der Waals surface area contributed by atoms with Crippen molar-refractivity contribution in [2.45, 2.75) is 9.79 Å². The maximum Gasteiger partial charge on any atom is 0.349 e. The topological polar surface area (TPSA) is 59.3 Å². The van der Waals surface area contributed by atoms with Crippen LogP contribution in [0.1, 0.15) is 10.4 Å². The van der Waals surface area contributed by atoms with Gasteiger partial charge in [0.2, 0.25) is 0 Å². The van der Waals surface area contributed by atoms with Crippen molar-refractivity contribution in [1.82, 2.24) is 0 Å². The van der Waals surface area contributed by atoms with Crippen LogP contribution in [-0.2, 0) is 0 Å². The highest BCUT2D eigenvalue weighted by Crippen LogP contribution is 2.33. The molecule has 4 rings (SSSR count). The molecule has 1 heterocycles. The van der Waals surface area contributed by atoms with Gasteiger partial charge in [0.05, 0.1) is 10.7 Å². The third-order valence-corrected chi connectivity index (χ3v) is 5.44. The summed E-state index contributed by atoms with van der Waals surface area (Å²) in [5.41, 5.74) is 0.0817. The quantitative estimate of drug-likeness (QED) is 0.431. The number of anilines is 1. The van der Waals surface area contributed by atoms with E-state index in [9.17, 15) is 9.59 Å². The molecule has 3 aromatic carbocycles. The van der Waals surface area contributed by atoms with Gasteiger partial charge in [0.15, 0.2) is 5.58 Å². The predicted octanol–water partition coefficient (Wildman–Crippen LogP) is 5.85. The number of hydrogen-bond donors (Lipinski definition) is 1. The second-order valence-corrected chi connectivity index (χ2v) is 7.49. The molecular formula is C22H14ClNO3S. The molecule has 0 atom stereocenters. The summed E-state index contributed by atoms with van der Waals surface area (Å²) in [5, 5.41) is 3.73. The minimum Gasteiger partial charge on any atom is -0.421 e. The average Bonchev–Trinajstić information content (AvgIpc) is 2.70. The summed E-state index contributed by atoms with van der Waals surface area (Å²) >= 11 is 7.58. The molecule has 138 valence electrons. The largest absolute Gasteiger partial charge is 0.421 e. The van der Waals surface area contributed by atoms with Gasteiger partial charge in [-0.05, 0) is 36.4 Å². The average molecular weight is 408 g/mol. The smallest absolute Gasteiger partial charge is 0.349 e. The van der Waals surface area contributed by atoms with Crippen LogP contribution >= 0.6 is 23.4 Å². The first-order valence-electron chi connectivity index (χ1n) is 8.47. The number of benzene rings is 3. The van der Waals surface area contributed by atoms with Crippen molar-refractivity contribution in [2.24, 2.45) is 0 Å². The molecule has 0 spiro atoms. The number of hydrogen-bond acceptors (Lipinski definition) is 4. The summed E-state index contributed by atoms with van der Waals surface area (Å²) in [6, 6.07) is 23.9. The number of fused-ring (bicyclic) bond motifs is 1. The van der Waals surface area contributed by atoms with E-state index in [4.69, 9.17) is 16.0 Å². The van der Waals surface area contributed by atoms with Crippen LogP contribution in [-0.4, -0.2) is 5.91 Å². The maximum absolute atomic E-state index is 12.8. The van der Waals surface area contributed by atoms with Gasteiger partial charge < -0.3 is 9.73 Å². The van der Waals surface area contributed by atoms with E-state index >= 15 is 0 Å². The van der Waals surface area contributed by atoms with Crippen LogP contribution in [0, 0.1) is 0 Å². The maximum atomic E-state index is 12.8. The second kappa shape index (κ2) is 7.92. The third kappa shape index (κ3) is 3.81. The molecule has 0 unspecified atom stereocenters. The van der Waals surface area contributed by atoms with E-state index in [-0.39, 0.29) is 11.1 Å². The van der Waals surface area contributed by atoms with Gasteiger partial charge in [-0.2, -0.15) is 0 Å². The highest BCUT2D eigenvalue weighted by Gasteiger charge is 2.16. The summed E-state index contributed by atoms with van der Waals surface area (Å²) in [5.74, 6) is -0.531. The molecule has 0 bridgehead atoms. The van der Waals surface area contributed by atoms with E-state index in [1.807, 2.05) is 48.5 Å². The molecular weight excluding hydrogens is 394 g/mol. The minimum atomic E-state index is -0.730. The fourth-order valence-corrected chi connectivity index (χ4v) is 3.87. The highest BCUT2D eigenvalue weighted by atomic mass is 35.5. The lowest BCUT2D eigenvalue weighted by Gasteiger charge is -2.11. The monoisotopic (exact) mass is 407 g/mol. The summed E-state index contributed by atoms with van der Waals surface area (Å²) in [4.78, 5) is 27.0. The van der Waals surface area contributed by atoms with E-state index in [0.29, 0.717) is 16.1 Å². The van der Waals surface area contributed by atoms with Crippen LogP contribution in [0.5, 0.6) is 0 Å². The lowest BCUT2D eigenvalue weighted by atomic mass is 10.1. The Morgan fingerprint density at radius 1 is 0.929 bits per heavy atom. The van der Waals surface area contributed by atoms with Gasteiger partial charge in [-0.1, -0.05) is 65.8 Å². The molecule has 0 saturated carbocycles. The Hall–Kier alpha value is -3.02. The number of amides is 1. The van der Waals surface area contributed by atoms with Gasteiger partial charge in [0.1, 0.15) is 5.56 Å². The normalized spacial score (nSPS) is 10.8. The molecule has 0 fully saturated rings. The SMILES string of the molecule is O=C(Nc1ccccc1Sc1ccccc1)c1cc2cccc(Cl)c2oc1=O. The van der Waals surface area contributed by atoms with Crippen LogP contribution in [0.4, 0.5) is 5.69 Å². The minimum absolute atomic E-state index is 0.0747. The zero-order valence-corrected chi connectivity index (χ0v) is 16.1. The number of carbonyl (C=O) groups is 1. The van der Waals surface area contributed by atoms with Gasteiger partial charge in [-0.3, -0.25) is 4.79 Å². The number of nitrogens with one attached hydrogen (secondary N) is 1. The van der Waals surface area contributed by atoms with Crippen molar-refractivity contribution >= 4 is 45.9 Å². The summed E-state index contributed by atoms with van der Waals surface area (Å²) in [6.07, 6.45) is 0. The molecule has 0 aliphatic rings. The lowest BCUT2D eigenvalue weighted by Crippen LogP contribution is -2.21. The Bertz CT molecular complexity index is 1220. The Morgan fingerprint density at radius 2 is 1.68 bits per heavy atom. The lowest BCUT2D eigenvalue weighted by molar-refractivity contribution is 0.102. The zero-order chi connectivity index (χ0) is 19.5. The fourth-order valence-electron chi connectivity index (χ4n) is 2.73. The standard InChI is InChI=1S/C22H14ClNO3S/c23-17-10-6-7-14-13-16(22(26)27-20(14)17)21(25)24-18-11-4-5-12-19(18)28-15-8-2-1-3-9-15/h1-13H,(H,24,25). The molecule has 0 aliphatic carbocycles. The first-order valence-corrected chi connectivity index (χ1v) is 9.67. The van der Waals surface area contributed by atoms with Gasteiger partial charge in [-0.25, -0.2) is 4.79 Å². The Labute approximate surface area is 170 Å². The molecule has 6 heteroatoms. The van der Waals surface area contributed by atoms with Crippen LogP contribution in [0.15, 0.2) is 97.9 Å². The van der Waals surface area contributed by atoms with Gasteiger partial charge in [0.25, 0.3) is 5.91 Å². The fraction of sp³-hybridized carbons (Fsp3) is 0. The molecule has 0 radical (unpaired) electrons. The summed E-state index contributed by atoms with van der Waals surface area (Å²) in [7, 11) is 0. The Morgan fingerprint density at radius 3 is 2.50 bits per heavy atom. The van der Waals surface area contributed by atoms with Crippen LogP contribution in [0.25, 0.3) is 11.0 Å². The van der Waals surface area contributed by atoms with Crippen molar-refractivity contribution < 1.29 is 9.21 Å². The van der Waals surface area contributed by atoms with E-state index in [0.717, 1.165) is 9.79 Å². The number of rotatable bonds is 4. The first kappa shape index (κ1) is 18.3. The molecule has 28 heavy (non-hydrogen) atoms. The number of halogens is 1. The summed E-state index contributed by atoms with van der Waals surface area (Å²) in [6.45, 7) is 0. The molecule has 1 amide bonds. The molecule has 0 saturated heterocycles. The predicted molar refractivity (Wildman–Crippen MR) is 112 cm³/mol. The molecule has 0 aliphatic heterocycles. The van der Waals surface area contributed by atoms with Gasteiger partial charge in [-0.15, -0.1) is 0 Å².